The zero-order valence-corrected chi connectivity index (χ0v) is 12.9. The minimum absolute atomic E-state index is 0.0221. The number of hydrogen-bond donors (Lipinski definition) is 1. The van der Waals surface area contributed by atoms with E-state index in [4.69, 9.17) is 10.5 Å². The number of hydrogen-bond acceptors (Lipinski definition) is 3. The van der Waals surface area contributed by atoms with Gasteiger partial charge in [0, 0.05) is 18.8 Å². The highest BCUT2D eigenvalue weighted by Crippen LogP contribution is 2.13. The summed E-state index contributed by atoms with van der Waals surface area (Å²) in [6, 6.07) is 11.4. The molecular formula is C18H22N2O2. The third-order valence-corrected chi connectivity index (χ3v) is 3.46. The molecule has 0 unspecified atom stereocenters. The van der Waals surface area contributed by atoms with Crippen molar-refractivity contribution >= 4 is 12.2 Å². The van der Waals surface area contributed by atoms with Crippen molar-refractivity contribution in [2.75, 3.05) is 13.7 Å². The lowest BCUT2D eigenvalue weighted by Crippen LogP contribution is -2.19. The largest absolute Gasteiger partial charge is 0.497 e. The molecule has 116 valence electrons. The van der Waals surface area contributed by atoms with Crippen LogP contribution in [0, 0.1) is 0 Å². The van der Waals surface area contributed by atoms with Crippen LogP contribution in [0.2, 0.25) is 0 Å². The third-order valence-electron chi connectivity index (χ3n) is 3.46. The molecule has 22 heavy (non-hydrogen) atoms. The number of pyridine rings is 1. The lowest BCUT2D eigenvalue weighted by molar-refractivity contribution is 0.415. The lowest BCUT2D eigenvalue weighted by atomic mass is 10.1. The van der Waals surface area contributed by atoms with Crippen LogP contribution in [-0.2, 0) is 6.54 Å². The van der Waals surface area contributed by atoms with Gasteiger partial charge in [-0.15, -0.1) is 0 Å². The Balaban J connectivity index is 2.04. The average Bonchev–Trinajstić information content (AvgIpc) is 2.55. The number of aromatic nitrogens is 1. The van der Waals surface area contributed by atoms with Crippen molar-refractivity contribution in [1.29, 1.82) is 0 Å². The van der Waals surface area contributed by atoms with Gasteiger partial charge in [0.15, 0.2) is 0 Å². The maximum atomic E-state index is 12.0. The van der Waals surface area contributed by atoms with Crippen LogP contribution in [0.5, 0.6) is 5.75 Å². The van der Waals surface area contributed by atoms with E-state index >= 15 is 0 Å². The fraction of sp³-hybridized carbons (Fsp3) is 0.278. The van der Waals surface area contributed by atoms with Gasteiger partial charge in [-0.25, -0.2) is 0 Å². The Morgan fingerprint density at radius 3 is 2.45 bits per heavy atom. The molecule has 0 bridgehead atoms. The molecule has 0 aliphatic carbocycles. The summed E-state index contributed by atoms with van der Waals surface area (Å²) in [5, 5.41) is 0. The SMILES string of the molecule is COc1ccc(/C=C/c2ccn(CCCCN)c(=O)c2)cc1. The van der Waals surface area contributed by atoms with E-state index < -0.39 is 0 Å². The highest BCUT2D eigenvalue weighted by Gasteiger charge is 1.97. The van der Waals surface area contributed by atoms with Crippen molar-refractivity contribution in [1.82, 2.24) is 4.57 Å². The molecule has 4 nitrogen and oxygen atoms in total. The monoisotopic (exact) mass is 298 g/mol. The van der Waals surface area contributed by atoms with Gasteiger partial charge in [0.05, 0.1) is 7.11 Å². The van der Waals surface area contributed by atoms with Crippen molar-refractivity contribution in [2.45, 2.75) is 19.4 Å². The normalized spacial score (nSPS) is 11.0. The molecule has 0 saturated carbocycles. The molecule has 0 aliphatic heterocycles. The Kier molecular flexibility index (Phi) is 5.98. The summed E-state index contributed by atoms with van der Waals surface area (Å²) in [4.78, 5) is 12.0. The first-order valence-electron chi connectivity index (χ1n) is 7.45. The fourth-order valence-electron chi connectivity index (χ4n) is 2.15. The van der Waals surface area contributed by atoms with Crippen LogP contribution >= 0.6 is 0 Å². The number of ether oxygens (including phenoxy) is 1. The molecule has 2 aromatic rings. The molecule has 0 saturated heterocycles. The van der Waals surface area contributed by atoms with Gasteiger partial charge in [-0.1, -0.05) is 24.3 Å². The molecule has 0 aliphatic rings. The van der Waals surface area contributed by atoms with Crippen LogP contribution in [-0.4, -0.2) is 18.2 Å². The summed E-state index contributed by atoms with van der Waals surface area (Å²) < 4.78 is 6.85. The number of aryl methyl sites for hydroxylation is 1. The van der Waals surface area contributed by atoms with E-state index in [2.05, 4.69) is 0 Å². The standard InChI is InChI=1S/C18H22N2O2/c1-22-17-8-6-15(7-9-17)4-5-16-10-13-20(18(21)14-16)12-3-2-11-19/h4-10,13-14H,2-3,11-12,19H2,1H3/b5-4+. The number of methoxy groups -OCH3 is 1. The van der Waals surface area contributed by atoms with E-state index in [1.165, 1.54) is 0 Å². The van der Waals surface area contributed by atoms with Crippen molar-refractivity contribution in [3.05, 3.63) is 64.1 Å². The first-order valence-corrected chi connectivity index (χ1v) is 7.45. The number of nitrogens with zero attached hydrogens (tertiary/aromatic N) is 1. The van der Waals surface area contributed by atoms with Crippen LogP contribution in [0.15, 0.2) is 47.4 Å². The van der Waals surface area contributed by atoms with Gasteiger partial charge in [-0.2, -0.15) is 0 Å². The second-order valence-corrected chi connectivity index (χ2v) is 5.09. The molecule has 0 atom stereocenters. The molecule has 1 aromatic carbocycles. The minimum Gasteiger partial charge on any atom is -0.497 e. The molecule has 2 N–H and O–H groups in total. The molecule has 4 heteroatoms. The van der Waals surface area contributed by atoms with Crippen molar-refractivity contribution < 1.29 is 4.74 Å². The highest BCUT2D eigenvalue weighted by molar-refractivity contribution is 5.69. The molecule has 0 radical (unpaired) electrons. The molecule has 0 fully saturated rings. The zero-order valence-electron chi connectivity index (χ0n) is 12.9. The molecule has 0 amide bonds. The van der Waals surface area contributed by atoms with E-state index in [-0.39, 0.29) is 5.56 Å². The summed E-state index contributed by atoms with van der Waals surface area (Å²) in [5.74, 6) is 0.831. The second-order valence-electron chi connectivity index (χ2n) is 5.09. The van der Waals surface area contributed by atoms with Crippen LogP contribution in [0.4, 0.5) is 0 Å². The molecule has 1 heterocycles. The summed E-state index contributed by atoms with van der Waals surface area (Å²) in [6.07, 6.45) is 7.62. The lowest BCUT2D eigenvalue weighted by Gasteiger charge is -2.05. The first kappa shape index (κ1) is 16.0. The number of benzene rings is 1. The Morgan fingerprint density at radius 1 is 1.09 bits per heavy atom. The van der Waals surface area contributed by atoms with Crippen molar-refractivity contribution in [2.24, 2.45) is 5.73 Å². The number of unbranched alkanes of at least 4 members (excludes halogenated alkanes) is 1. The highest BCUT2D eigenvalue weighted by atomic mass is 16.5. The van der Waals surface area contributed by atoms with Gasteiger partial charge < -0.3 is 15.0 Å². The zero-order chi connectivity index (χ0) is 15.8. The molecule has 1 aromatic heterocycles. The van der Waals surface area contributed by atoms with Gasteiger partial charge in [0.25, 0.3) is 5.56 Å². The average molecular weight is 298 g/mol. The Labute approximate surface area is 130 Å². The number of rotatable bonds is 7. The maximum absolute atomic E-state index is 12.0. The minimum atomic E-state index is 0.0221. The van der Waals surface area contributed by atoms with Crippen molar-refractivity contribution in [3.63, 3.8) is 0 Å². The fourth-order valence-corrected chi connectivity index (χ4v) is 2.15. The van der Waals surface area contributed by atoms with E-state index in [1.807, 2.05) is 48.7 Å². The number of nitrogens with two attached hydrogens (primary N) is 1. The maximum Gasteiger partial charge on any atom is 0.251 e. The predicted octanol–water partition coefficient (Wildman–Crippen LogP) is 2.77. The summed E-state index contributed by atoms with van der Waals surface area (Å²) in [6.45, 7) is 1.38. The van der Waals surface area contributed by atoms with Crippen LogP contribution in [0.25, 0.3) is 12.2 Å². The summed E-state index contributed by atoms with van der Waals surface area (Å²) >= 11 is 0. The predicted molar refractivity (Wildman–Crippen MR) is 90.9 cm³/mol. The third kappa shape index (κ3) is 4.60. The van der Waals surface area contributed by atoms with E-state index in [9.17, 15) is 4.79 Å². The summed E-state index contributed by atoms with van der Waals surface area (Å²) in [7, 11) is 1.65. The molecular weight excluding hydrogens is 276 g/mol. The van der Waals surface area contributed by atoms with Crippen LogP contribution in [0.3, 0.4) is 0 Å². The quantitative estimate of drug-likeness (QED) is 0.800. The molecule has 2 rings (SSSR count). The van der Waals surface area contributed by atoms with E-state index in [0.717, 1.165) is 36.3 Å². The van der Waals surface area contributed by atoms with E-state index in [0.29, 0.717) is 6.54 Å². The van der Waals surface area contributed by atoms with Crippen molar-refractivity contribution in [3.8, 4) is 5.75 Å². The van der Waals surface area contributed by atoms with Crippen LogP contribution in [0.1, 0.15) is 24.0 Å². The van der Waals surface area contributed by atoms with Gasteiger partial charge in [-0.05, 0) is 48.7 Å². The van der Waals surface area contributed by atoms with E-state index in [1.54, 1.807) is 17.7 Å². The molecule has 0 spiro atoms. The van der Waals surface area contributed by atoms with Gasteiger partial charge in [0.2, 0.25) is 0 Å². The Morgan fingerprint density at radius 2 is 1.82 bits per heavy atom. The Bertz CT molecular complexity index is 672. The van der Waals surface area contributed by atoms with Gasteiger partial charge in [0.1, 0.15) is 5.75 Å². The smallest absolute Gasteiger partial charge is 0.251 e. The van der Waals surface area contributed by atoms with Crippen LogP contribution < -0.4 is 16.0 Å². The van der Waals surface area contributed by atoms with Gasteiger partial charge >= 0.3 is 0 Å². The summed E-state index contributed by atoms with van der Waals surface area (Å²) in [5.41, 5.74) is 7.45. The topological polar surface area (TPSA) is 57.2 Å². The first-order chi connectivity index (χ1) is 10.7. The Hall–Kier alpha value is -2.33. The second kappa shape index (κ2) is 8.20. The van der Waals surface area contributed by atoms with Gasteiger partial charge in [-0.3, -0.25) is 4.79 Å².